The second-order valence-electron chi connectivity index (χ2n) is 7.84. The van der Waals surface area contributed by atoms with E-state index < -0.39 is 12.0 Å². The number of esters is 1. The number of benzene rings is 2. The number of carbonyl (C=O) groups excluding carboxylic acids is 2. The Morgan fingerprint density at radius 1 is 1.16 bits per heavy atom. The van der Waals surface area contributed by atoms with Gasteiger partial charge in [0.15, 0.2) is 0 Å². The standard InChI is InChI=1S/C24H30N4O3/c1-5-31-24(30)21-16-22(28(26-21)20-9-7-6-8-10-20)23(29)25-17(2)15-18-11-13-19(14-12-18)27(3)4/h6-14,17,22H,5,15-16H2,1-4H3,(H,25,29). The Hall–Kier alpha value is -3.35. The molecule has 1 N–H and O–H groups in total. The molecular weight excluding hydrogens is 392 g/mol. The molecule has 0 bridgehead atoms. The van der Waals surface area contributed by atoms with Crippen molar-refractivity contribution in [2.45, 2.75) is 38.8 Å². The van der Waals surface area contributed by atoms with Gasteiger partial charge in [-0.25, -0.2) is 4.79 Å². The molecule has 3 rings (SSSR count). The molecule has 0 spiro atoms. The van der Waals surface area contributed by atoms with Gasteiger partial charge in [0, 0.05) is 32.2 Å². The molecular formula is C24H30N4O3. The summed E-state index contributed by atoms with van der Waals surface area (Å²) in [5, 5.41) is 9.10. The summed E-state index contributed by atoms with van der Waals surface area (Å²) in [6, 6.07) is 17.0. The van der Waals surface area contributed by atoms with E-state index in [0.29, 0.717) is 6.42 Å². The van der Waals surface area contributed by atoms with Crippen LogP contribution in [0.2, 0.25) is 0 Å². The molecule has 2 unspecified atom stereocenters. The molecule has 1 aliphatic heterocycles. The third-order valence-electron chi connectivity index (χ3n) is 5.13. The zero-order chi connectivity index (χ0) is 22.4. The predicted molar refractivity (Wildman–Crippen MR) is 123 cm³/mol. The van der Waals surface area contributed by atoms with E-state index >= 15 is 0 Å². The molecule has 164 valence electrons. The van der Waals surface area contributed by atoms with Crippen LogP contribution in [0.25, 0.3) is 0 Å². The van der Waals surface area contributed by atoms with Crippen molar-refractivity contribution in [3.8, 4) is 0 Å². The van der Waals surface area contributed by atoms with Gasteiger partial charge in [0.2, 0.25) is 5.91 Å². The second-order valence-corrected chi connectivity index (χ2v) is 7.84. The first-order valence-electron chi connectivity index (χ1n) is 10.5. The summed E-state index contributed by atoms with van der Waals surface area (Å²) in [7, 11) is 4.01. The number of para-hydroxylation sites is 1. The lowest BCUT2D eigenvalue weighted by atomic mass is 10.0. The highest BCUT2D eigenvalue weighted by atomic mass is 16.5. The maximum absolute atomic E-state index is 13.1. The molecule has 1 heterocycles. The number of amides is 1. The SMILES string of the molecule is CCOC(=O)C1=NN(c2ccccc2)C(C(=O)NC(C)Cc2ccc(N(C)C)cc2)C1. The number of hydrogen-bond donors (Lipinski definition) is 1. The quantitative estimate of drug-likeness (QED) is 0.662. The Kier molecular flexibility index (Phi) is 7.28. The highest BCUT2D eigenvalue weighted by Crippen LogP contribution is 2.25. The van der Waals surface area contributed by atoms with Crippen molar-refractivity contribution in [1.29, 1.82) is 0 Å². The molecule has 0 radical (unpaired) electrons. The van der Waals surface area contributed by atoms with Gasteiger partial charge in [-0.2, -0.15) is 5.10 Å². The van der Waals surface area contributed by atoms with Crippen LogP contribution in [0, 0.1) is 0 Å². The summed E-state index contributed by atoms with van der Waals surface area (Å²) in [4.78, 5) is 27.4. The van der Waals surface area contributed by atoms with Crippen LogP contribution in [-0.2, 0) is 20.7 Å². The average molecular weight is 423 g/mol. The normalized spacial score (nSPS) is 16.5. The summed E-state index contributed by atoms with van der Waals surface area (Å²) >= 11 is 0. The van der Waals surface area contributed by atoms with E-state index in [1.807, 2.05) is 56.3 Å². The van der Waals surface area contributed by atoms with Gasteiger partial charge < -0.3 is 15.0 Å². The van der Waals surface area contributed by atoms with Gasteiger partial charge in [-0.1, -0.05) is 30.3 Å². The summed E-state index contributed by atoms with van der Waals surface area (Å²) in [6.07, 6.45) is 0.924. The number of nitrogens with zero attached hydrogens (tertiary/aromatic N) is 3. The highest BCUT2D eigenvalue weighted by Gasteiger charge is 2.37. The van der Waals surface area contributed by atoms with E-state index in [-0.39, 0.29) is 30.7 Å². The van der Waals surface area contributed by atoms with Crippen molar-refractivity contribution < 1.29 is 14.3 Å². The molecule has 1 amide bonds. The summed E-state index contributed by atoms with van der Waals surface area (Å²) < 4.78 is 5.09. The van der Waals surface area contributed by atoms with E-state index in [0.717, 1.165) is 16.9 Å². The topological polar surface area (TPSA) is 74.2 Å². The first kappa shape index (κ1) is 22.3. The Bertz CT molecular complexity index is 926. The molecule has 7 nitrogen and oxygen atoms in total. The van der Waals surface area contributed by atoms with Crippen LogP contribution in [0.5, 0.6) is 0 Å². The number of anilines is 2. The summed E-state index contributed by atoms with van der Waals surface area (Å²) in [5.41, 5.74) is 3.30. The van der Waals surface area contributed by atoms with Crippen LogP contribution in [-0.4, -0.2) is 50.4 Å². The summed E-state index contributed by atoms with van der Waals surface area (Å²) in [6.45, 7) is 4.00. The van der Waals surface area contributed by atoms with E-state index in [4.69, 9.17) is 4.74 Å². The first-order valence-corrected chi connectivity index (χ1v) is 10.5. The van der Waals surface area contributed by atoms with E-state index in [1.54, 1.807) is 11.9 Å². The van der Waals surface area contributed by atoms with E-state index in [2.05, 4.69) is 34.7 Å². The van der Waals surface area contributed by atoms with Gasteiger partial charge in [-0.3, -0.25) is 9.80 Å². The van der Waals surface area contributed by atoms with Crippen molar-refractivity contribution >= 4 is 29.0 Å². The lowest BCUT2D eigenvalue weighted by Crippen LogP contribution is -2.46. The van der Waals surface area contributed by atoms with E-state index in [9.17, 15) is 9.59 Å². The van der Waals surface area contributed by atoms with Crippen LogP contribution < -0.4 is 15.2 Å². The predicted octanol–water partition coefficient (Wildman–Crippen LogP) is 3.00. The van der Waals surface area contributed by atoms with Crippen molar-refractivity contribution in [3.63, 3.8) is 0 Å². The Morgan fingerprint density at radius 2 is 1.84 bits per heavy atom. The smallest absolute Gasteiger partial charge is 0.354 e. The minimum absolute atomic E-state index is 0.0676. The third-order valence-corrected chi connectivity index (χ3v) is 5.13. The van der Waals surface area contributed by atoms with E-state index in [1.165, 1.54) is 0 Å². The molecule has 2 aromatic rings. The third kappa shape index (κ3) is 5.63. The average Bonchev–Trinajstić information content (AvgIpc) is 3.21. The second kappa shape index (κ2) is 10.1. The van der Waals surface area contributed by atoms with Crippen LogP contribution in [0.15, 0.2) is 59.7 Å². The Labute approximate surface area is 183 Å². The fourth-order valence-electron chi connectivity index (χ4n) is 3.54. The molecule has 0 aromatic heterocycles. The van der Waals surface area contributed by atoms with Gasteiger partial charge in [-0.15, -0.1) is 0 Å². The van der Waals surface area contributed by atoms with Gasteiger partial charge in [0.05, 0.1) is 12.3 Å². The van der Waals surface area contributed by atoms with Crippen molar-refractivity contribution in [1.82, 2.24) is 5.32 Å². The van der Waals surface area contributed by atoms with Crippen LogP contribution in [0.3, 0.4) is 0 Å². The highest BCUT2D eigenvalue weighted by molar-refractivity contribution is 6.38. The lowest BCUT2D eigenvalue weighted by molar-refractivity contribution is -0.135. The minimum atomic E-state index is -0.597. The molecule has 0 aliphatic carbocycles. The Balaban J connectivity index is 1.69. The fraction of sp³-hybridized carbons (Fsp3) is 0.375. The zero-order valence-corrected chi connectivity index (χ0v) is 18.5. The molecule has 1 aliphatic rings. The monoisotopic (exact) mass is 422 g/mol. The minimum Gasteiger partial charge on any atom is -0.461 e. The zero-order valence-electron chi connectivity index (χ0n) is 18.5. The molecule has 2 atom stereocenters. The molecule has 0 saturated heterocycles. The van der Waals surface area contributed by atoms with Crippen molar-refractivity contribution in [2.24, 2.45) is 5.10 Å². The largest absolute Gasteiger partial charge is 0.461 e. The first-order chi connectivity index (χ1) is 14.9. The number of rotatable bonds is 8. The van der Waals surface area contributed by atoms with Gasteiger partial charge in [0.25, 0.3) is 0 Å². The number of hydrazone groups is 1. The molecule has 31 heavy (non-hydrogen) atoms. The van der Waals surface area contributed by atoms with Crippen molar-refractivity contribution in [2.75, 3.05) is 30.6 Å². The summed E-state index contributed by atoms with van der Waals surface area (Å²) in [5.74, 6) is -0.642. The lowest BCUT2D eigenvalue weighted by Gasteiger charge is -2.24. The van der Waals surface area contributed by atoms with Crippen molar-refractivity contribution in [3.05, 3.63) is 60.2 Å². The van der Waals surface area contributed by atoms with Crippen LogP contribution >= 0.6 is 0 Å². The van der Waals surface area contributed by atoms with Gasteiger partial charge >= 0.3 is 5.97 Å². The fourth-order valence-corrected chi connectivity index (χ4v) is 3.54. The van der Waals surface area contributed by atoms with Crippen LogP contribution in [0.1, 0.15) is 25.8 Å². The molecule has 2 aromatic carbocycles. The van der Waals surface area contributed by atoms with Gasteiger partial charge in [0.1, 0.15) is 11.8 Å². The molecule has 7 heteroatoms. The number of carbonyl (C=O) groups is 2. The number of ether oxygens (including phenoxy) is 1. The van der Waals surface area contributed by atoms with Gasteiger partial charge in [-0.05, 0) is 50.1 Å². The van der Waals surface area contributed by atoms with Crippen LogP contribution in [0.4, 0.5) is 11.4 Å². The molecule has 0 fully saturated rings. The Morgan fingerprint density at radius 3 is 2.45 bits per heavy atom. The maximum atomic E-state index is 13.1. The number of nitrogens with one attached hydrogen (secondary N) is 1. The molecule has 0 saturated carbocycles. The maximum Gasteiger partial charge on any atom is 0.354 e. The number of hydrogen-bond acceptors (Lipinski definition) is 6.